The fraction of sp³-hybridized carbons (Fsp3) is 0.500. The molecule has 0 bridgehead atoms. The first kappa shape index (κ1) is 41.8. The van der Waals surface area contributed by atoms with Crippen LogP contribution in [0.15, 0.2) is 64.8 Å². The van der Waals surface area contributed by atoms with Gasteiger partial charge in [0.2, 0.25) is 5.91 Å². The number of halogens is 2. The van der Waals surface area contributed by atoms with Crippen LogP contribution < -0.4 is 32.0 Å². The summed E-state index contributed by atoms with van der Waals surface area (Å²) in [4.78, 5) is 19.9. The lowest BCUT2D eigenvalue weighted by atomic mass is 10.0. The van der Waals surface area contributed by atoms with Gasteiger partial charge in [0.25, 0.3) is 0 Å². The molecular weight excluding hydrogens is 657 g/mol. The van der Waals surface area contributed by atoms with Gasteiger partial charge in [-0.15, -0.1) is 29.9 Å². The molecule has 16 heteroatoms. The highest BCUT2D eigenvalue weighted by Gasteiger charge is 2.21. The Morgan fingerprint density at radius 3 is 2.27 bits per heavy atom. The summed E-state index contributed by atoms with van der Waals surface area (Å²) in [6.07, 6.45) is 5.75. The summed E-state index contributed by atoms with van der Waals surface area (Å²) in [7, 11) is 0. The quantitative estimate of drug-likeness (QED) is 0.0290. The van der Waals surface area contributed by atoms with Crippen LogP contribution in [0, 0.1) is 5.92 Å². The second-order valence-corrected chi connectivity index (χ2v) is 11.4. The molecule has 0 spiro atoms. The van der Waals surface area contributed by atoms with Gasteiger partial charge < -0.3 is 32.0 Å². The maximum absolute atomic E-state index is 13.0. The molecule has 0 saturated carbocycles. The minimum Gasteiger partial charge on any atom is -0.493 e. The van der Waals surface area contributed by atoms with Crippen LogP contribution in [0.1, 0.15) is 58.1 Å². The highest BCUT2D eigenvalue weighted by Crippen LogP contribution is 2.36. The van der Waals surface area contributed by atoms with Crippen molar-refractivity contribution in [3.8, 4) is 22.6 Å². The zero-order valence-electron chi connectivity index (χ0n) is 27.6. The number of nitrogens with zero attached hydrogens (tertiary/aromatic N) is 7. The van der Waals surface area contributed by atoms with Gasteiger partial charge in [0.1, 0.15) is 29.8 Å². The van der Waals surface area contributed by atoms with Crippen LogP contribution in [0.2, 0.25) is 0 Å². The van der Waals surface area contributed by atoms with Gasteiger partial charge in [0.15, 0.2) is 5.96 Å². The molecule has 0 saturated heterocycles. The molecule has 0 radical (unpaired) electrons. The molecule has 1 heterocycles. The molecule has 0 aliphatic heterocycles. The first-order valence-corrected chi connectivity index (χ1v) is 15.7. The van der Waals surface area contributed by atoms with Gasteiger partial charge in [-0.1, -0.05) is 67.0 Å². The van der Waals surface area contributed by atoms with Crippen molar-refractivity contribution in [1.82, 2.24) is 20.3 Å². The SMILES string of the molecule is CC(C)CCOc1ccccc1-c1ccccc1OCc1cn(C[C@@H](CCCN=C(N)N)NC(=O)C(CCCCN)N=[N+]=[N-])nn1.Cl.Cl. The molecule has 7 N–H and O–H groups in total. The topological polar surface area (TPSA) is 217 Å². The Labute approximate surface area is 294 Å². The molecule has 0 aliphatic rings. The first-order chi connectivity index (χ1) is 22.3. The summed E-state index contributed by atoms with van der Waals surface area (Å²) >= 11 is 0. The molecule has 2 aromatic carbocycles. The second-order valence-electron chi connectivity index (χ2n) is 11.4. The van der Waals surface area contributed by atoms with Crippen LogP contribution in [-0.2, 0) is 17.9 Å². The second kappa shape index (κ2) is 23.2. The van der Waals surface area contributed by atoms with Crippen LogP contribution in [0.25, 0.3) is 21.6 Å². The third kappa shape index (κ3) is 14.7. The number of azide groups is 1. The number of aromatic nitrogens is 3. The van der Waals surface area contributed by atoms with Crippen LogP contribution in [0.5, 0.6) is 11.5 Å². The fourth-order valence-corrected chi connectivity index (χ4v) is 4.74. The molecule has 48 heavy (non-hydrogen) atoms. The van der Waals surface area contributed by atoms with Crippen molar-refractivity contribution in [2.45, 2.75) is 77.6 Å². The van der Waals surface area contributed by atoms with E-state index in [1.54, 1.807) is 10.9 Å². The van der Waals surface area contributed by atoms with E-state index in [0.29, 0.717) is 69.3 Å². The van der Waals surface area contributed by atoms with Crippen molar-refractivity contribution in [1.29, 1.82) is 0 Å². The molecular formula is C32H49Cl2N11O3. The van der Waals surface area contributed by atoms with Crippen molar-refractivity contribution >= 4 is 36.7 Å². The van der Waals surface area contributed by atoms with Crippen molar-refractivity contribution in [3.63, 3.8) is 0 Å². The summed E-state index contributed by atoms with van der Waals surface area (Å²) in [5, 5.41) is 15.3. The standard InChI is InChI=1S/C32H47N11O3.2ClH/c1-23(2)16-19-45-29-14-5-3-11-26(29)27-12-4-6-15-30(27)46-22-25-21-43(42-39-25)20-24(10-9-18-37-32(34)35)38-31(44)28(40-41-36)13-7-8-17-33;;/h3-6,11-12,14-15,21,23-24,28H,7-10,13,16-20,22,33H2,1-2H3,(H,38,44)(H4,34,35,37);2*1H/t24-,28?;;/m1../s1. The number of hydrogen-bond acceptors (Lipinski definition) is 8. The van der Waals surface area contributed by atoms with Gasteiger partial charge in [-0.05, 0) is 62.2 Å². The van der Waals surface area contributed by atoms with Gasteiger partial charge in [-0.2, -0.15) is 0 Å². The van der Waals surface area contributed by atoms with E-state index in [-0.39, 0.29) is 49.3 Å². The van der Waals surface area contributed by atoms with Gasteiger partial charge in [-0.3, -0.25) is 14.5 Å². The number of benzene rings is 2. The number of guanidine groups is 1. The lowest BCUT2D eigenvalue weighted by Crippen LogP contribution is -2.43. The van der Waals surface area contributed by atoms with Gasteiger partial charge in [0, 0.05) is 28.6 Å². The molecule has 0 aliphatic carbocycles. The molecule has 14 nitrogen and oxygen atoms in total. The minimum atomic E-state index is -0.831. The highest BCUT2D eigenvalue weighted by atomic mass is 35.5. The number of nitrogens with one attached hydrogen (secondary N) is 1. The van der Waals surface area contributed by atoms with E-state index >= 15 is 0 Å². The van der Waals surface area contributed by atoms with Crippen molar-refractivity contribution in [2.24, 2.45) is 33.2 Å². The Kier molecular flexibility index (Phi) is 20.2. The lowest BCUT2D eigenvalue weighted by Gasteiger charge is -2.20. The predicted octanol–water partition coefficient (Wildman–Crippen LogP) is 5.14. The first-order valence-electron chi connectivity index (χ1n) is 15.7. The van der Waals surface area contributed by atoms with Crippen LogP contribution in [-0.4, -0.2) is 58.6 Å². The average molecular weight is 707 g/mol. The number of hydrogen-bond donors (Lipinski definition) is 4. The Hall–Kier alpha value is -4.23. The Morgan fingerprint density at radius 2 is 1.65 bits per heavy atom. The maximum Gasteiger partial charge on any atom is 0.229 e. The summed E-state index contributed by atoms with van der Waals surface area (Å²) in [6, 6.07) is 14.6. The normalized spacial score (nSPS) is 11.7. The molecule has 0 fully saturated rings. The van der Waals surface area contributed by atoms with Crippen LogP contribution in [0.3, 0.4) is 0 Å². The van der Waals surface area contributed by atoms with E-state index in [2.05, 4.69) is 44.5 Å². The van der Waals surface area contributed by atoms with Crippen LogP contribution in [0.4, 0.5) is 0 Å². The van der Waals surface area contributed by atoms with Crippen molar-refractivity contribution in [3.05, 3.63) is 70.9 Å². The zero-order valence-corrected chi connectivity index (χ0v) is 29.2. The number of carbonyl (C=O) groups excluding carboxylic acids is 1. The van der Waals surface area contributed by atoms with Gasteiger partial charge >= 0.3 is 0 Å². The predicted molar refractivity (Wildman–Crippen MR) is 193 cm³/mol. The summed E-state index contributed by atoms with van der Waals surface area (Å²) < 4.78 is 14.0. The molecule has 2 atom stereocenters. The Balaban J connectivity index is 0.00000576. The largest absolute Gasteiger partial charge is 0.493 e. The number of aliphatic imine (C=N–C) groups is 1. The number of unbranched alkanes of at least 4 members (excludes halogenated alkanes) is 1. The Bertz CT molecular complexity index is 1440. The fourth-order valence-electron chi connectivity index (χ4n) is 4.74. The maximum atomic E-state index is 13.0. The molecule has 1 unspecified atom stereocenters. The zero-order chi connectivity index (χ0) is 33.1. The van der Waals surface area contributed by atoms with Crippen LogP contribution >= 0.6 is 24.8 Å². The molecule has 1 aromatic heterocycles. The van der Waals surface area contributed by atoms with Gasteiger partial charge in [0.05, 0.1) is 19.3 Å². The number of amides is 1. The Morgan fingerprint density at radius 1 is 0.979 bits per heavy atom. The molecule has 3 rings (SSSR count). The number of carbonyl (C=O) groups is 1. The van der Waals surface area contributed by atoms with Gasteiger partial charge in [-0.25, -0.2) is 0 Å². The van der Waals surface area contributed by atoms with E-state index in [4.69, 9.17) is 32.2 Å². The number of ether oxygens (including phenoxy) is 2. The smallest absolute Gasteiger partial charge is 0.229 e. The van der Waals surface area contributed by atoms with Crippen molar-refractivity contribution in [2.75, 3.05) is 19.7 Å². The molecule has 3 aromatic rings. The van der Waals surface area contributed by atoms with E-state index in [1.807, 2.05) is 48.5 Å². The third-order valence-corrected chi connectivity index (χ3v) is 7.16. The lowest BCUT2D eigenvalue weighted by molar-refractivity contribution is -0.123. The third-order valence-electron chi connectivity index (χ3n) is 7.16. The van der Waals surface area contributed by atoms with E-state index in [9.17, 15) is 4.79 Å². The summed E-state index contributed by atoms with van der Waals surface area (Å²) in [6.45, 7) is 6.42. The molecule has 1 amide bonds. The van der Waals surface area contributed by atoms with E-state index < -0.39 is 6.04 Å². The average Bonchev–Trinajstić information content (AvgIpc) is 3.49. The van der Waals surface area contributed by atoms with E-state index in [0.717, 1.165) is 29.7 Å². The summed E-state index contributed by atoms with van der Waals surface area (Å²) in [5.41, 5.74) is 28.0. The number of rotatable bonds is 21. The van der Waals surface area contributed by atoms with Crippen molar-refractivity contribution < 1.29 is 14.3 Å². The number of para-hydroxylation sites is 2. The van der Waals surface area contributed by atoms with E-state index in [1.165, 1.54) is 0 Å². The molecule has 264 valence electrons. The number of nitrogens with two attached hydrogens (primary N) is 3. The highest BCUT2D eigenvalue weighted by molar-refractivity contribution is 5.85. The minimum absolute atomic E-state index is 0. The summed E-state index contributed by atoms with van der Waals surface area (Å²) in [5.74, 6) is 1.71. The monoisotopic (exact) mass is 705 g/mol.